The predicted molar refractivity (Wildman–Crippen MR) is 115 cm³/mol. The molecule has 30 heavy (non-hydrogen) atoms. The Hall–Kier alpha value is -2.55. The summed E-state index contributed by atoms with van der Waals surface area (Å²) in [6.07, 6.45) is 10.8. The number of fused-ring (bicyclic) bond motifs is 1. The van der Waals surface area contributed by atoms with Crippen LogP contribution in [-0.4, -0.2) is 39.2 Å². The Morgan fingerprint density at radius 2 is 2.17 bits per heavy atom. The van der Waals surface area contributed by atoms with Crippen molar-refractivity contribution < 1.29 is 9.53 Å². The summed E-state index contributed by atoms with van der Waals surface area (Å²) in [5, 5.41) is 0. The number of amides is 1. The molecule has 5 rings (SSSR count). The summed E-state index contributed by atoms with van der Waals surface area (Å²) in [6.45, 7) is 12.0. The van der Waals surface area contributed by atoms with Gasteiger partial charge in [-0.25, -0.2) is 14.6 Å². The summed E-state index contributed by atoms with van der Waals surface area (Å²) in [5.41, 5.74) is 2.59. The molecule has 0 bridgehead atoms. The fourth-order valence-corrected chi connectivity index (χ4v) is 5.89. The van der Waals surface area contributed by atoms with Crippen molar-refractivity contribution in [2.24, 2.45) is 11.3 Å². The van der Waals surface area contributed by atoms with E-state index in [-0.39, 0.29) is 11.7 Å². The second-order valence-corrected chi connectivity index (χ2v) is 9.76. The van der Waals surface area contributed by atoms with E-state index in [1.54, 1.807) is 0 Å². The van der Waals surface area contributed by atoms with E-state index >= 15 is 0 Å². The van der Waals surface area contributed by atoms with Crippen LogP contribution in [0.15, 0.2) is 24.5 Å². The zero-order valence-electron chi connectivity index (χ0n) is 17.8. The minimum Gasteiger partial charge on any atom is -0.441 e. The molecule has 2 heterocycles. The Labute approximate surface area is 178 Å². The Kier molecular flexibility index (Phi) is 4.72. The molecule has 1 aromatic heterocycles. The summed E-state index contributed by atoms with van der Waals surface area (Å²) >= 11 is 0. The summed E-state index contributed by atoms with van der Waals surface area (Å²) in [5.74, 6) is 0.448. The van der Waals surface area contributed by atoms with Gasteiger partial charge in [-0.2, -0.15) is 0 Å². The van der Waals surface area contributed by atoms with E-state index in [9.17, 15) is 4.79 Å². The molecule has 158 valence electrons. The maximum atomic E-state index is 12.7. The van der Waals surface area contributed by atoms with Crippen molar-refractivity contribution in [3.63, 3.8) is 0 Å². The second kappa shape index (κ2) is 7.30. The van der Waals surface area contributed by atoms with Gasteiger partial charge in [0.15, 0.2) is 5.69 Å². The van der Waals surface area contributed by atoms with E-state index < -0.39 is 0 Å². The van der Waals surface area contributed by atoms with Crippen molar-refractivity contribution in [1.82, 2.24) is 14.5 Å². The van der Waals surface area contributed by atoms with Crippen molar-refractivity contribution in [1.29, 1.82) is 0 Å². The molecule has 2 atom stereocenters. The Balaban J connectivity index is 1.29. The highest BCUT2D eigenvalue weighted by atomic mass is 16.6. The number of carbonyl (C=O) groups excluding carboxylic acids is 1. The van der Waals surface area contributed by atoms with Crippen molar-refractivity contribution in [3.05, 3.63) is 35.9 Å². The maximum Gasteiger partial charge on any atom is 0.410 e. The van der Waals surface area contributed by atoms with Crippen LogP contribution in [-0.2, 0) is 11.3 Å². The third-order valence-electron chi connectivity index (χ3n) is 7.83. The summed E-state index contributed by atoms with van der Waals surface area (Å²) < 4.78 is 8.23. The molecule has 0 unspecified atom stereocenters. The van der Waals surface area contributed by atoms with Gasteiger partial charge in [-0.1, -0.05) is 19.4 Å². The van der Waals surface area contributed by atoms with Gasteiger partial charge >= 0.3 is 6.09 Å². The Bertz CT molecular complexity index is 997. The van der Waals surface area contributed by atoms with Gasteiger partial charge < -0.3 is 14.2 Å². The highest BCUT2D eigenvalue weighted by molar-refractivity contribution is 5.79. The molecule has 0 N–H and O–H groups in total. The molecule has 6 nitrogen and oxygen atoms in total. The van der Waals surface area contributed by atoms with Gasteiger partial charge in [0.1, 0.15) is 5.60 Å². The number of rotatable bonds is 5. The van der Waals surface area contributed by atoms with Gasteiger partial charge in [0.2, 0.25) is 0 Å². The first-order chi connectivity index (χ1) is 14.5. The van der Waals surface area contributed by atoms with Crippen LogP contribution in [0.2, 0.25) is 0 Å². The molecule has 1 spiro atoms. The molecule has 6 heteroatoms. The third-order valence-corrected chi connectivity index (χ3v) is 7.83. The first-order valence-electron chi connectivity index (χ1n) is 11.3. The lowest BCUT2D eigenvalue weighted by atomic mass is 9.66. The number of benzene rings is 1. The fraction of sp³-hybridized carbons (Fsp3) is 0.625. The van der Waals surface area contributed by atoms with Gasteiger partial charge in [-0.05, 0) is 68.4 Å². The number of aromatic nitrogens is 2. The van der Waals surface area contributed by atoms with Gasteiger partial charge in [0, 0.05) is 13.1 Å². The SMILES string of the molecule is [C-]#[N+]c1ccc2ncn(C[C@H]3CCC[C@]4(C3)CN(CC3(CC)CCC3)C(=O)O4)c2c1. The summed E-state index contributed by atoms with van der Waals surface area (Å²) in [7, 11) is 0. The normalized spacial score (nSPS) is 27.8. The molecule has 1 saturated heterocycles. The number of ether oxygens (including phenoxy) is 1. The van der Waals surface area contributed by atoms with Crippen LogP contribution >= 0.6 is 0 Å². The average molecular weight is 407 g/mol. The van der Waals surface area contributed by atoms with E-state index in [0.29, 0.717) is 17.0 Å². The molecule has 0 radical (unpaired) electrons. The Morgan fingerprint density at radius 1 is 1.30 bits per heavy atom. The lowest BCUT2D eigenvalue weighted by Crippen LogP contribution is -2.45. The lowest BCUT2D eigenvalue weighted by molar-refractivity contribution is 0.00397. The molecule has 2 saturated carbocycles. The zero-order valence-corrected chi connectivity index (χ0v) is 17.8. The number of nitrogens with zero attached hydrogens (tertiary/aromatic N) is 4. The van der Waals surface area contributed by atoms with Gasteiger partial charge in [0.25, 0.3) is 0 Å². The fourth-order valence-electron chi connectivity index (χ4n) is 5.89. The molecular formula is C24H30N4O2. The van der Waals surface area contributed by atoms with Crippen molar-refractivity contribution in [3.8, 4) is 0 Å². The van der Waals surface area contributed by atoms with Crippen LogP contribution in [0.1, 0.15) is 58.3 Å². The van der Waals surface area contributed by atoms with Crippen LogP contribution in [0, 0.1) is 17.9 Å². The van der Waals surface area contributed by atoms with Crippen LogP contribution in [0.5, 0.6) is 0 Å². The molecule has 2 aromatic rings. The third kappa shape index (κ3) is 3.34. The number of hydrogen-bond acceptors (Lipinski definition) is 3. The summed E-state index contributed by atoms with van der Waals surface area (Å²) in [6, 6.07) is 5.66. The lowest BCUT2D eigenvalue weighted by Gasteiger charge is -2.43. The Morgan fingerprint density at radius 3 is 2.90 bits per heavy atom. The second-order valence-electron chi connectivity index (χ2n) is 9.76. The van der Waals surface area contributed by atoms with Crippen molar-refractivity contribution in [2.45, 2.75) is 70.4 Å². The van der Waals surface area contributed by atoms with E-state index in [2.05, 4.69) is 21.3 Å². The van der Waals surface area contributed by atoms with Crippen LogP contribution in [0.4, 0.5) is 10.5 Å². The average Bonchev–Trinajstić information content (AvgIpc) is 3.24. The van der Waals surface area contributed by atoms with Crippen LogP contribution in [0.25, 0.3) is 15.9 Å². The molecule has 2 aliphatic carbocycles. The van der Waals surface area contributed by atoms with Gasteiger partial charge in [0.05, 0.1) is 30.5 Å². The summed E-state index contributed by atoms with van der Waals surface area (Å²) in [4.78, 5) is 22.8. The molecule has 3 aliphatic rings. The van der Waals surface area contributed by atoms with Gasteiger partial charge in [-0.3, -0.25) is 0 Å². The highest BCUT2D eigenvalue weighted by Gasteiger charge is 2.50. The molecule has 1 aliphatic heterocycles. The predicted octanol–water partition coefficient (Wildman–Crippen LogP) is 5.55. The standard InChI is InChI=1S/C24H30N4O2/c1-3-23(9-5-10-23)15-28-16-24(30-22(28)29)11-4-6-18(13-24)14-27-17-26-20-8-7-19(25-2)12-21(20)27/h7-8,12,17-18H,3-6,9-11,13-16H2,1H3/t18-,24-/m0/s1. The van der Waals surface area contributed by atoms with E-state index in [4.69, 9.17) is 11.3 Å². The van der Waals surface area contributed by atoms with E-state index in [1.165, 1.54) is 19.3 Å². The number of hydrogen-bond donors (Lipinski definition) is 0. The van der Waals surface area contributed by atoms with Crippen LogP contribution in [0.3, 0.4) is 0 Å². The first-order valence-corrected chi connectivity index (χ1v) is 11.3. The minimum absolute atomic E-state index is 0.106. The number of imidazole rings is 1. The number of carbonyl (C=O) groups is 1. The van der Waals surface area contributed by atoms with Crippen molar-refractivity contribution in [2.75, 3.05) is 13.1 Å². The van der Waals surface area contributed by atoms with E-state index in [0.717, 1.165) is 62.8 Å². The smallest absolute Gasteiger partial charge is 0.410 e. The van der Waals surface area contributed by atoms with E-state index in [1.807, 2.05) is 29.4 Å². The molecule has 1 amide bonds. The maximum absolute atomic E-state index is 12.7. The molecule has 1 aromatic carbocycles. The van der Waals surface area contributed by atoms with Crippen LogP contribution < -0.4 is 0 Å². The quantitative estimate of drug-likeness (QED) is 0.612. The largest absolute Gasteiger partial charge is 0.441 e. The van der Waals surface area contributed by atoms with Gasteiger partial charge in [-0.15, -0.1) is 0 Å². The molecular weight excluding hydrogens is 376 g/mol. The highest BCUT2D eigenvalue weighted by Crippen LogP contribution is 2.47. The topological polar surface area (TPSA) is 51.7 Å². The first kappa shape index (κ1) is 19.4. The monoisotopic (exact) mass is 406 g/mol. The minimum atomic E-state index is -0.323. The molecule has 3 fully saturated rings. The van der Waals surface area contributed by atoms with Crippen molar-refractivity contribution >= 4 is 22.8 Å². The zero-order chi connectivity index (χ0) is 20.8.